The summed E-state index contributed by atoms with van der Waals surface area (Å²) in [4.78, 5) is 0. The van der Waals surface area contributed by atoms with E-state index in [9.17, 15) is 0 Å². The number of thioether (sulfide) groups is 2. The second-order valence-electron chi connectivity index (χ2n) is 3.24. The molecule has 0 amide bonds. The monoisotopic (exact) mass is 291 g/mol. The van der Waals surface area contributed by atoms with Crippen molar-refractivity contribution in [2.45, 2.75) is 5.25 Å². The molecule has 0 aliphatic carbocycles. The largest absolute Gasteiger partial charge is 0.373 e. The zero-order valence-corrected chi connectivity index (χ0v) is 11.6. The molecule has 0 bridgehead atoms. The van der Waals surface area contributed by atoms with E-state index in [4.69, 9.17) is 16.9 Å². The fourth-order valence-electron chi connectivity index (χ4n) is 1.35. The Kier molecular flexibility index (Phi) is 4.65. The number of hydrogen-bond donors (Lipinski definition) is 1. The molecule has 0 aromatic carbocycles. The molecule has 2 heterocycles. The summed E-state index contributed by atoms with van der Waals surface area (Å²) < 4.78 is 3.96. The summed E-state index contributed by atoms with van der Waals surface area (Å²) >= 11 is 11.0. The lowest BCUT2D eigenvalue weighted by molar-refractivity contribution is 1.01. The SMILES string of the molecule is N#Cc1c(Cl)nsc1NCC1CSCCS1. The maximum atomic E-state index is 8.91. The van der Waals surface area contributed by atoms with Crippen LogP contribution in [0.2, 0.25) is 5.15 Å². The average molecular weight is 292 g/mol. The summed E-state index contributed by atoms with van der Waals surface area (Å²) in [6.45, 7) is 0.880. The van der Waals surface area contributed by atoms with Crippen LogP contribution in [-0.4, -0.2) is 33.4 Å². The molecule has 1 N–H and O–H groups in total. The second kappa shape index (κ2) is 6.01. The van der Waals surface area contributed by atoms with Crippen molar-refractivity contribution in [2.24, 2.45) is 0 Å². The maximum Gasteiger partial charge on any atom is 0.162 e. The molecule has 16 heavy (non-hydrogen) atoms. The van der Waals surface area contributed by atoms with Crippen LogP contribution < -0.4 is 5.32 Å². The third-order valence-electron chi connectivity index (χ3n) is 2.14. The number of nitrogens with one attached hydrogen (secondary N) is 1. The van der Waals surface area contributed by atoms with Crippen LogP contribution in [-0.2, 0) is 0 Å². The molecular weight excluding hydrogens is 282 g/mol. The molecule has 7 heteroatoms. The van der Waals surface area contributed by atoms with Crippen LogP contribution in [0.5, 0.6) is 0 Å². The van der Waals surface area contributed by atoms with E-state index < -0.39 is 0 Å². The molecule has 0 radical (unpaired) electrons. The van der Waals surface area contributed by atoms with E-state index in [0.29, 0.717) is 16.0 Å². The van der Waals surface area contributed by atoms with Crippen LogP contribution in [0.4, 0.5) is 5.00 Å². The van der Waals surface area contributed by atoms with Crippen LogP contribution in [0.1, 0.15) is 5.56 Å². The Morgan fingerprint density at radius 3 is 3.12 bits per heavy atom. The number of nitriles is 1. The minimum Gasteiger partial charge on any atom is -0.373 e. The minimum atomic E-state index is 0.306. The molecule has 1 saturated heterocycles. The fourth-order valence-corrected chi connectivity index (χ4v) is 4.90. The third-order valence-corrected chi connectivity index (χ3v) is 6.16. The number of nitrogens with zero attached hydrogens (tertiary/aromatic N) is 2. The van der Waals surface area contributed by atoms with Gasteiger partial charge in [0.1, 0.15) is 16.6 Å². The van der Waals surface area contributed by atoms with Gasteiger partial charge in [0, 0.05) is 29.1 Å². The van der Waals surface area contributed by atoms with Crippen molar-refractivity contribution in [3.63, 3.8) is 0 Å². The molecule has 1 aromatic heterocycles. The Morgan fingerprint density at radius 2 is 2.44 bits per heavy atom. The topological polar surface area (TPSA) is 48.7 Å². The van der Waals surface area contributed by atoms with Gasteiger partial charge in [-0.2, -0.15) is 33.2 Å². The summed E-state index contributed by atoms with van der Waals surface area (Å²) in [7, 11) is 0. The predicted octanol–water partition coefficient (Wildman–Crippen LogP) is 2.93. The summed E-state index contributed by atoms with van der Waals surface area (Å²) in [5.41, 5.74) is 0.472. The first-order chi connectivity index (χ1) is 7.81. The zero-order chi connectivity index (χ0) is 11.4. The molecule has 1 atom stereocenters. The molecule has 1 aliphatic rings. The lowest BCUT2D eigenvalue weighted by Gasteiger charge is -2.21. The van der Waals surface area contributed by atoms with E-state index in [2.05, 4.69) is 15.8 Å². The predicted molar refractivity (Wildman–Crippen MR) is 73.9 cm³/mol. The Hall–Kier alpha value is -0.0900. The number of hydrogen-bond acceptors (Lipinski definition) is 6. The van der Waals surface area contributed by atoms with Crippen molar-refractivity contribution < 1.29 is 0 Å². The average Bonchev–Trinajstić information content (AvgIpc) is 2.68. The number of anilines is 1. The van der Waals surface area contributed by atoms with Crippen LogP contribution >= 0.6 is 46.7 Å². The Bertz CT molecular complexity index is 395. The highest BCUT2D eigenvalue weighted by molar-refractivity contribution is 8.06. The Labute approximate surface area is 112 Å². The van der Waals surface area contributed by atoms with E-state index in [-0.39, 0.29) is 0 Å². The van der Waals surface area contributed by atoms with Crippen molar-refractivity contribution >= 4 is 51.7 Å². The van der Waals surface area contributed by atoms with E-state index in [0.717, 1.165) is 11.5 Å². The minimum absolute atomic E-state index is 0.306. The van der Waals surface area contributed by atoms with Crippen molar-refractivity contribution in [3.8, 4) is 6.07 Å². The van der Waals surface area contributed by atoms with Gasteiger partial charge >= 0.3 is 0 Å². The van der Waals surface area contributed by atoms with Gasteiger partial charge in [0.25, 0.3) is 0 Å². The molecule has 0 saturated carbocycles. The lowest BCUT2D eigenvalue weighted by atomic mass is 10.3. The molecule has 86 valence electrons. The first-order valence-corrected chi connectivity index (χ1v) is 8.15. The van der Waals surface area contributed by atoms with Crippen LogP contribution in [0.3, 0.4) is 0 Å². The summed E-state index contributed by atoms with van der Waals surface area (Å²) in [6, 6.07) is 2.07. The Balaban J connectivity index is 1.91. The van der Waals surface area contributed by atoms with Gasteiger partial charge in [-0.3, -0.25) is 0 Å². The first-order valence-electron chi connectivity index (χ1n) is 4.79. The molecule has 0 spiro atoms. The second-order valence-corrected chi connectivity index (χ2v) is 6.93. The standard InChI is InChI=1S/C9H10ClN3S3/c10-8-7(3-11)9(16-13-8)12-4-6-5-14-1-2-15-6/h6,12H,1-2,4-5H2. The Morgan fingerprint density at radius 1 is 1.56 bits per heavy atom. The van der Waals surface area contributed by atoms with E-state index >= 15 is 0 Å². The quantitative estimate of drug-likeness (QED) is 0.928. The zero-order valence-electron chi connectivity index (χ0n) is 8.40. The highest BCUT2D eigenvalue weighted by atomic mass is 35.5. The van der Waals surface area contributed by atoms with E-state index in [1.807, 2.05) is 23.5 Å². The molecule has 1 unspecified atom stereocenters. The van der Waals surface area contributed by atoms with Crippen molar-refractivity contribution in [2.75, 3.05) is 29.1 Å². The van der Waals surface area contributed by atoms with Crippen LogP contribution in [0, 0.1) is 11.3 Å². The number of halogens is 1. The van der Waals surface area contributed by atoms with Gasteiger partial charge in [-0.25, -0.2) is 0 Å². The number of aromatic nitrogens is 1. The summed E-state index contributed by atoms with van der Waals surface area (Å²) in [5, 5.41) is 13.9. The van der Waals surface area contributed by atoms with Gasteiger partial charge in [0.15, 0.2) is 5.15 Å². The number of rotatable bonds is 3. The molecule has 2 rings (SSSR count). The third kappa shape index (κ3) is 2.98. The highest BCUT2D eigenvalue weighted by Crippen LogP contribution is 2.29. The van der Waals surface area contributed by atoms with Gasteiger partial charge in [-0.1, -0.05) is 11.6 Å². The molecule has 1 aliphatic heterocycles. The molecular formula is C9H10ClN3S3. The highest BCUT2D eigenvalue weighted by Gasteiger charge is 2.16. The van der Waals surface area contributed by atoms with Gasteiger partial charge in [-0.05, 0) is 11.5 Å². The first kappa shape index (κ1) is 12.4. The van der Waals surface area contributed by atoms with Crippen molar-refractivity contribution in [1.29, 1.82) is 5.26 Å². The lowest BCUT2D eigenvalue weighted by Crippen LogP contribution is -2.23. The van der Waals surface area contributed by atoms with Crippen LogP contribution in [0.15, 0.2) is 0 Å². The van der Waals surface area contributed by atoms with Crippen LogP contribution in [0.25, 0.3) is 0 Å². The van der Waals surface area contributed by atoms with Gasteiger partial charge < -0.3 is 5.32 Å². The molecule has 3 nitrogen and oxygen atoms in total. The smallest absolute Gasteiger partial charge is 0.162 e. The van der Waals surface area contributed by atoms with Crippen molar-refractivity contribution in [3.05, 3.63) is 10.7 Å². The normalized spacial score (nSPS) is 20.4. The molecule has 1 aromatic rings. The van der Waals surface area contributed by atoms with Gasteiger partial charge in [0.05, 0.1) is 0 Å². The van der Waals surface area contributed by atoms with Gasteiger partial charge in [0.2, 0.25) is 0 Å². The summed E-state index contributed by atoms with van der Waals surface area (Å²) in [6.07, 6.45) is 0. The maximum absolute atomic E-state index is 8.91. The van der Waals surface area contributed by atoms with Crippen molar-refractivity contribution in [1.82, 2.24) is 4.37 Å². The van der Waals surface area contributed by atoms with E-state index in [1.165, 1.54) is 28.8 Å². The summed E-state index contributed by atoms with van der Waals surface area (Å²) in [5.74, 6) is 3.63. The van der Waals surface area contributed by atoms with E-state index in [1.54, 1.807) is 0 Å². The molecule has 1 fully saturated rings. The van der Waals surface area contributed by atoms with Gasteiger partial charge in [-0.15, -0.1) is 0 Å². The fraction of sp³-hybridized carbons (Fsp3) is 0.556.